The summed E-state index contributed by atoms with van der Waals surface area (Å²) in [5.41, 5.74) is 1.61. The van der Waals surface area contributed by atoms with Gasteiger partial charge in [-0.3, -0.25) is 4.99 Å². The Morgan fingerprint density at radius 2 is 2.09 bits per heavy atom. The Hall–Kier alpha value is -2.37. The normalized spacial score (nSPS) is 13.0. The van der Waals surface area contributed by atoms with Gasteiger partial charge in [0, 0.05) is 31.6 Å². The molecular formula is C17H23FN4O. The van der Waals surface area contributed by atoms with Crippen molar-refractivity contribution < 1.29 is 8.81 Å². The first-order valence-corrected chi connectivity index (χ1v) is 7.80. The van der Waals surface area contributed by atoms with Crippen LogP contribution in [0.1, 0.15) is 26.0 Å². The summed E-state index contributed by atoms with van der Waals surface area (Å²) in [6.07, 6.45) is 3.38. The highest BCUT2D eigenvalue weighted by molar-refractivity contribution is 5.79. The molecule has 124 valence electrons. The zero-order valence-corrected chi connectivity index (χ0v) is 13.8. The molecule has 0 aliphatic carbocycles. The highest BCUT2D eigenvalue weighted by atomic mass is 19.1. The van der Waals surface area contributed by atoms with Crippen molar-refractivity contribution in [1.82, 2.24) is 15.6 Å². The minimum Gasteiger partial charge on any atom is -0.444 e. The molecule has 2 aromatic rings. The lowest BCUT2D eigenvalue weighted by Crippen LogP contribution is -2.42. The first kappa shape index (κ1) is 17.0. The molecule has 0 spiro atoms. The molecule has 6 heteroatoms. The van der Waals surface area contributed by atoms with E-state index in [-0.39, 0.29) is 5.82 Å². The fourth-order valence-corrected chi connectivity index (χ4v) is 1.99. The zero-order chi connectivity index (χ0) is 16.7. The second-order valence-corrected chi connectivity index (χ2v) is 5.35. The Balaban J connectivity index is 1.86. The number of aliphatic imine (C=N–C) groups is 1. The van der Waals surface area contributed by atoms with Gasteiger partial charge in [-0.25, -0.2) is 9.37 Å². The van der Waals surface area contributed by atoms with Crippen molar-refractivity contribution >= 4 is 5.96 Å². The summed E-state index contributed by atoms with van der Waals surface area (Å²) in [7, 11) is 1.75. The summed E-state index contributed by atoms with van der Waals surface area (Å²) in [6.45, 7) is 4.93. The van der Waals surface area contributed by atoms with E-state index in [1.54, 1.807) is 25.4 Å². The van der Waals surface area contributed by atoms with Crippen LogP contribution in [0.5, 0.6) is 0 Å². The maximum atomic E-state index is 12.9. The quantitative estimate of drug-likeness (QED) is 0.635. The van der Waals surface area contributed by atoms with Crippen molar-refractivity contribution in [1.29, 1.82) is 0 Å². The number of guanidine groups is 1. The van der Waals surface area contributed by atoms with E-state index in [1.807, 2.05) is 0 Å². The Labute approximate surface area is 136 Å². The number of nitrogens with one attached hydrogen (secondary N) is 2. The second-order valence-electron chi connectivity index (χ2n) is 5.35. The molecule has 1 unspecified atom stereocenters. The third-order valence-electron chi connectivity index (χ3n) is 3.54. The van der Waals surface area contributed by atoms with E-state index < -0.39 is 0 Å². The smallest absolute Gasteiger partial charge is 0.226 e. The maximum absolute atomic E-state index is 12.9. The summed E-state index contributed by atoms with van der Waals surface area (Å²) in [6, 6.07) is 6.47. The molecule has 23 heavy (non-hydrogen) atoms. The SMILES string of the molecule is CCC(C)NC(=NC)NCCc1coc(-c2ccc(F)cc2)n1. The largest absolute Gasteiger partial charge is 0.444 e. The molecule has 0 aliphatic heterocycles. The first-order valence-electron chi connectivity index (χ1n) is 7.80. The average molecular weight is 318 g/mol. The van der Waals surface area contributed by atoms with Crippen LogP contribution in [0.3, 0.4) is 0 Å². The highest BCUT2D eigenvalue weighted by Gasteiger charge is 2.07. The summed E-state index contributed by atoms with van der Waals surface area (Å²) < 4.78 is 18.4. The van der Waals surface area contributed by atoms with Gasteiger partial charge in [-0.15, -0.1) is 0 Å². The topological polar surface area (TPSA) is 62.5 Å². The van der Waals surface area contributed by atoms with E-state index in [9.17, 15) is 4.39 Å². The van der Waals surface area contributed by atoms with Crippen molar-refractivity contribution in [2.75, 3.05) is 13.6 Å². The van der Waals surface area contributed by atoms with Gasteiger partial charge >= 0.3 is 0 Å². The lowest BCUT2D eigenvalue weighted by Gasteiger charge is -2.15. The lowest BCUT2D eigenvalue weighted by atomic mass is 10.2. The van der Waals surface area contributed by atoms with Gasteiger partial charge in [-0.05, 0) is 37.6 Å². The van der Waals surface area contributed by atoms with Crippen LogP contribution in [0.2, 0.25) is 0 Å². The van der Waals surface area contributed by atoms with Crippen LogP contribution in [-0.4, -0.2) is 30.6 Å². The fourth-order valence-electron chi connectivity index (χ4n) is 1.99. The average Bonchev–Trinajstić information content (AvgIpc) is 3.03. The summed E-state index contributed by atoms with van der Waals surface area (Å²) >= 11 is 0. The Bertz CT molecular complexity index is 636. The summed E-state index contributed by atoms with van der Waals surface area (Å²) in [5, 5.41) is 6.55. The summed E-state index contributed by atoms with van der Waals surface area (Å²) in [5.74, 6) is 1.01. The molecule has 0 bridgehead atoms. The Morgan fingerprint density at radius 3 is 2.74 bits per heavy atom. The predicted octanol–water partition coefficient (Wildman–Crippen LogP) is 2.99. The molecule has 1 heterocycles. The van der Waals surface area contributed by atoms with E-state index in [1.165, 1.54) is 12.1 Å². The minimum absolute atomic E-state index is 0.273. The number of rotatable bonds is 6. The second kappa shape index (κ2) is 8.31. The molecule has 1 aromatic heterocycles. The van der Waals surface area contributed by atoms with Gasteiger partial charge in [-0.2, -0.15) is 0 Å². The number of hydrogen-bond acceptors (Lipinski definition) is 3. The number of oxazole rings is 1. The molecule has 0 radical (unpaired) electrons. The summed E-state index contributed by atoms with van der Waals surface area (Å²) in [4.78, 5) is 8.60. The van der Waals surface area contributed by atoms with Crippen molar-refractivity contribution in [3.63, 3.8) is 0 Å². The van der Waals surface area contributed by atoms with Gasteiger partial charge in [0.15, 0.2) is 5.96 Å². The van der Waals surface area contributed by atoms with Crippen LogP contribution in [0.4, 0.5) is 4.39 Å². The van der Waals surface area contributed by atoms with Gasteiger partial charge in [0.2, 0.25) is 5.89 Å². The zero-order valence-electron chi connectivity index (χ0n) is 13.8. The standard InChI is InChI=1S/C17H23FN4O/c1-4-12(2)21-17(19-3)20-10-9-15-11-23-16(22-15)13-5-7-14(18)8-6-13/h5-8,11-12H,4,9-10H2,1-3H3,(H2,19,20,21). The van der Waals surface area contributed by atoms with Crippen LogP contribution >= 0.6 is 0 Å². The van der Waals surface area contributed by atoms with Crippen LogP contribution in [0.25, 0.3) is 11.5 Å². The van der Waals surface area contributed by atoms with Crippen LogP contribution in [-0.2, 0) is 6.42 Å². The van der Waals surface area contributed by atoms with Crippen LogP contribution < -0.4 is 10.6 Å². The minimum atomic E-state index is -0.273. The first-order chi connectivity index (χ1) is 11.1. The van der Waals surface area contributed by atoms with Crippen LogP contribution in [0, 0.1) is 5.82 Å². The third kappa shape index (κ3) is 5.09. The number of nitrogens with zero attached hydrogens (tertiary/aromatic N) is 2. The van der Waals surface area contributed by atoms with E-state index in [4.69, 9.17) is 4.42 Å². The van der Waals surface area contributed by atoms with E-state index >= 15 is 0 Å². The van der Waals surface area contributed by atoms with Crippen LogP contribution in [0.15, 0.2) is 39.9 Å². The molecule has 5 nitrogen and oxygen atoms in total. The lowest BCUT2D eigenvalue weighted by molar-refractivity contribution is 0.571. The molecule has 2 N–H and O–H groups in total. The van der Waals surface area contributed by atoms with E-state index in [2.05, 4.69) is 34.5 Å². The van der Waals surface area contributed by atoms with E-state index in [0.29, 0.717) is 24.9 Å². The van der Waals surface area contributed by atoms with Crippen molar-refractivity contribution in [3.05, 3.63) is 42.0 Å². The maximum Gasteiger partial charge on any atom is 0.226 e. The van der Waals surface area contributed by atoms with Gasteiger partial charge < -0.3 is 15.1 Å². The predicted molar refractivity (Wildman–Crippen MR) is 89.9 cm³/mol. The molecule has 1 aromatic carbocycles. The molecule has 1 atom stereocenters. The Kier molecular flexibility index (Phi) is 6.14. The highest BCUT2D eigenvalue weighted by Crippen LogP contribution is 2.18. The fraction of sp³-hybridized carbons (Fsp3) is 0.412. The number of aromatic nitrogens is 1. The molecule has 0 amide bonds. The van der Waals surface area contributed by atoms with Crippen molar-refractivity contribution in [3.8, 4) is 11.5 Å². The molecule has 0 aliphatic rings. The number of benzene rings is 1. The van der Waals surface area contributed by atoms with Gasteiger partial charge in [0.1, 0.15) is 12.1 Å². The third-order valence-corrected chi connectivity index (χ3v) is 3.54. The van der Waals surface area contributed by atoms with Gasteiger partial charge in [0.25, 0.3) is 0 Å². The van der Waals surface area contributed by atoms with E-state index in [0.717, 1.165) is 23.6 Å². The van der Waals surface area contributed by atoms with Crippen molar-refractivity contribution in [2.45, 2.75) is 32.7 Å². The molecule has 0 saturated carbocycles. The Morgan fingerprint density at radius 1 is 1.35 bits per heavy atom. The molecule has 0 saturated heterocycles. The molecule has 0 fully saturated rings. The molecular weight excluding hydrogens is 295 g/mol. The van der Waals surface area contributed by atoms with Gasteiger partial charge in [-0.1, -0.05) is 6.92 Å². The van der Waals surface area contributed by atoms with Gasteiger partial charge in [0.05, 0.1) is 5.69 Å². The number of halogens is 1. The monoisotopic (exact) mass is 318 g/mol. The number of hydrogen-bond donors (Lipinski definition) is 2. The molecule has 2 rings (SSSR count). The van der Waals surface area contributed by atoms with Crippen molar-refractivity contribution in [2.24, 2.45) is 4.99 Å².